The largest absolute Gasteiger partial charge is 0.465 e. The number of carbonyl (C=O) groups is 1. The van der Waals surface area contributed by atoms with Crippen LogP contribution in [0.5, 0.6) is 0 Å². The highest BCUT2D eigenvalue weighted by Crippen LogP contribution is 2.39. The molecule has 100 valence electrons. The van der Waals surface area contributed by atoms with Gasteiger partial charge in [0.05, 0.1) is 12.8 Å². The van der Waals surface area contributed by atoms with E-state index in [9.17, 15) is 9.18 Å². The van der Waals surface area contributed by atoms with E-state index in [0.29, 0.717) is 31.0 Å². The summed E-state index contributed by atoms with van der Waals surface area (Å²) in [7, 11) is 1.29. The molecule has 2 aromatic rings. The Kier molecular flexibility index (Phi) is 3.91. The minimum atomic E-state index is -0.505. The van der Waals surface area contributed by atoms with Crippen LogP contribution >= 0.6 is 27.3 Å². The molecule has 0 bridgehead atoms. The van der Waals surface area contributed by atoms with Gasteiger partial charge in [-0.2, -0.15) is 0 Å². The van der Waals surface area contributed by atoms with Gasteiger partial charge in [0.2, 0.25) is 0 Å². The topological polar surface area (TPSA) is 52.3 Å². The molecule has 2 N–H and O–H groups in total. The van der Waals surface area contributed by atoms with E-state index in [-0.39, 0.29) is 5.82 Å². The standard InChI is InChI=1S/C13H11BrFNO2S/c1-6-10(16)12(13(17)18-2)19-11(6)8-4-3-7(14)5-9(8)15/h3-5H,16H2,1-2H3. The zero-order chi connectivity index (χ0) is 14.2. The number of anilines is 1. The van der Waals surface area contributed by atoms with Crippen LogP contribution in [0.15, 0.2) is 22.7 Å². The number of benzene rings is 1. The molecule has 1 heterocycles. The van der Waals surface area contributed by atoms with E-state index in [1.807, 2.05) is 0 Å². The fourth-order valence-electron chi connectivity index (χ4n) is 1.70. The van der Waals surface area contributed by atoms with Gasteiger partial charge < -0.3 is 10.5 Å². The van der Waals surface area contributed by atoms with Crippen molar-refractivity contribution in [3.63, 3.8) is 0 Å². The summed E-state index contributed by atoms with van der Waals surface area (Å²) in [6, 6.07) is 4.77. The quantitative estimate of drug-likeness (QED) is 0.838. The maximum absolute atomic E-state index is 14.0. The van der Waals surface area contributed by atoms with Gasteiger partial charge in [-0.3, -0.25) is 0 Å². The van der Waals surface area contributed by atoms with Crippen molar-refractivity contribution in [2.24, 2.45) is 0 Å². The first-order valence-corrected chi connectivity index (χ1v) is 6.99. The Morgan fingerprint density at radius 2 is 2.16 bits per heavy atom. The summed E-state index contributed by atoms with van der Waals surface area (Å²) < 4.78 is 19.3. The van der Waals surface area contributed by atoms with E-state index in [2.05, 4.69) is 20.7 Å². The Morgan fingerprint density at radius 1 is 1.47 bits per heavy atom. The fourth-order valence-corrected chi connectivity index (χ4v) is 3.21. The lowest BCUT2D eigenvalue weighted by atomic mass is 10.1. The number of nitrogens with two attached hydrogens (primary N) is 1. The van der Waals surface area contributed by atoms with Crippen molar-refractivity contribution in [1.82, 2.24) is 0 Å². The molecule has 3 nitrogen and oxygen atoms in total. The highest BCUT2D eigenvalue weighted by molar-refractivity contribution is 9.10. The highest BCUT2D eigenvalue weighted by atomic mass is 79.9. The molecule has 0 aliphatic carbocycles. The number of halogens is 2. The maximum atomic E-state index is 14.0. The van der Waals surface area contributed by atoms with Crippen molar-refractivity contribution in [1.29, 1.82) is 0 Å². The summed E-state index contributed by atoms with van der Waals surface area (Å²) in [5.41, 5.74) is 7.33. The summed E-state index contributed by atoms with van der Waals surface area (Å²) in [5, 5.41) is 0. The predicted molar refractivity (Wildman–Crippen MR) is 77.9 cm³/mol. The molecule has 0 aliphatic heterocycles. The van der Waals surface area contributed by atoms with Gasteiger partial charge in [-0.15, -0.1) is 11.3 Å². The molecule has 0 spiro atoms. The van der Waals surface area contributed by atoms with Crippen LogP contribution in [0.1, 0.15) is 15.2 Å². The molecular formula is C13H11BrFNO2S. The average Bonchev–Trinajstić information content (AvgIpc) is 2.66. The molecule has 0 saturated carbocycles. The van der Waals surface area contributed by atoms with Crippen LogP contribution in [0, 0.1) is 12.7 Å². The van der Waals surface area contributed by atoms with Gasteiger partial charge in [0.15, 0.2) is 0 Å². The number of rotatable bonds is 2. The maximum Gasteiger partial charge on any atom is 0.350 e. The fraction of sp³-hybridized carbons (Fsp3) is 0.154. The first-order valence-electron chi connectivity index (χ1n) is 5.38. The third-order valence-electron chi connectivity index (χ3n) is 2.74. The van der Waals surface area contributed by atoms with Crippen LogP contribution in [0.3, 0.4) is 0 Å². The van der Waals surface area contributed by atoms with Crippen LogP contribution < -0.4 is 5.73 Å². The second-order valence-electron chi connectivity index (χ2n) is 3.91. The summed E-state index contributed by atoms with van der Waals surface area (Å²) in [6.45, 7) is 1.76. The molecule has 0 saturated heterocycles. The van der Waals surface area contributed by atoms with Gasteiger partial charge in [-0.25, -0.2) is 9.18 Å². The van der Waals surface area contributed by atoms with Crippen molar-refractivity contribution < 1.29 is 13.9 Å². The molecule has 2 rings (SSSR count). The molecule has 0 atom stereocenters. The Labute approximate surface area is 122 Å². The minimum Gasteiger partial charge on any atom is -0.465 e. The first-order chi connectivity index (χ1) is 8.95. The molecule has 6 heteroatoms. The van der Waals surface area contributed by atoms with E-state index in [1.165, 1.54) is 13.2 Å². The zero-order valence-corrected chi connectivity index (χ0v) is 12.7. The van der Waals surface area contributed by atoms with E-state index >= 15 is 0 Å². The Bertz CT molecular complexity index is 654. The molecule has 0 unspecified atom stereocenters. The number of methoxy groups -OCH3 is 1. The second-order valence-corrected chi connectivity index (χ2v) is 5.85. The van der Waals surface area contributed by atoms with Gasteiger partial charge in [-0.1, -0.05) is 15.9 Å². The van der Waals surface area contributed by atoms with Gasteiger partial charge >= 0.3 is 5.97 Å². The van der Waals surface area contributed by atoms with Crippen LogP contribution in [0.4, 0.5) is 10.1 Å². The average molecular weight is 344 g/mol. The van der Waals surface area contributed by atoms with E-state index in [4.69, 9.17) is 5.73 Å². The SMILES string of the molecule is COC(=O)c1sc(-c2ccc(Br)cc2F)c(C)c1N. The lowest BCUT2D eigenvalue weighted by Gasteiger charge is -2.02. The van der Waals surface area contributed by atoms with Crippen molar-refractivity contribution >= 4 is 38.9 Å². The van der Waals surface area contributed by atoms with Crippen molar-refractivity contribution in [2.45, 2.75) is 6.92 Å². The summed E-state index contributed by atoms with van der Waals surface area (Å²) in [5.74, 6) is -0.871. The van der Waals surface area contributed by atoms with Gasteiger partial charge in [0, 0.05) is 14.9 Å². The van der Waals surface area contributed by atoms with E-state index in [0.717, 1.165) is 11.3 Å². The van der Waals surface area contributed by atoms with Gasteiger partial charge in [-0.05, 0) is 30.7 Å². The molecule has 0 amide bonds. The monoisotopic (exact) mass is 343 g/mol. The smallest absolute Gasteiger partial charge is 0.350 e. The number of thiophene rings is 1. The van der Waals surface area contributed by atoms with E-state index < -0.39 is 5.97 Å². The Balaban J connectivity index is 2.60. The van der Waals surface area contributed by atoms with Crippen molar-refractivity contribution in [2.75, 3.05) is 12.8 Å². The van der Waals surface area contributed by atoms with Crippen LogP contribution in [-0.2, 0) is 4.74 Å². The molecule has 0 aliphatic rings. The molecule has 0 radical (unpaired) electrons. The van der Waals surface area contributed by atoms with Gasteiger partial charge in [0.25, 0.3) is 0 Å². The van der Waals surface area contributed by atoms with E-state index in [1.54, 1.807) is 19.1 Å². The highest BCUT2D eigenvalue weighted by Gasteiger charge is 2.21. The van der Waals surface area contributed by atoms with Gasteiger partial charge in [0.1, 0.15) is 10.7 Å². The zero-order valence-electron chi connectivity index (χ0n) is 10.3. The molecular weight excluding hydrogens is 333 g/mol. The molecule has 0 fully saturated rings. The third-order valence-corrected chi connectivity index (χ3v) is 4.55. The number of esters is 1. The Morgan fingerprint density at radius 3 is 2.74 bits per heavy atom. The van der Waals surface area contributed by atoms with Crippen LogP contribution in [-0.4, -0.2) is 13.1 Å². The first kappa shape index (κ1) is 14.0. The summed E-state index contributed by atoms with van der Waals surface area (Å²) >= 11 is 4.34. The molecule has 1 aromatic carbocycles. The number of ether oxygens (including phenoxy) is 1. The normalized spacial score (nSPS) is 10.5. The molecule has 1 aromatic heterocycles. The summed E-state index contributed by atoms with van der Waals surface area (Å²) in [4.78, 5) is 12.5. The lowest BCUT2D eigenvalue weighted by molar-refractivity contribution is 0.0607. The number of nitrogen functional groups attached to an aromatic ring is 1. The van der Waals surface area contributed by atoms with Crippen LogP contribution in [0.25, 0.3) is 10.4 Å². The number of hydrogen-bond donors (Lipinski definition) is 1. The summed E-state index contributed by atoms with van der Waals surface area (Å²) in [6.07, 6.45) is 0. The number of hydrogen-bond acceptors (Lipinski definition) is 4. The number of carbonyl (C=O) groups excluding carboxylic acids is 1. The predicted octanol–water partition coefficient (Wildman–Crippen LogP) is 3.99. The van der Waals surface area contributed by atoms with Crippen molar-refractivity contribution in [3.05, 3.63) is 38.9 Å². The van der Waals surface area contributed by atoms with Crippen LogP contribution in [0.2, 0.25) is 0 Å². The lowest BCUT2D eigenvalue weighted by Crippen LogP contribution is -2.01. The Hall–Kier alpha value is -1.40. The minimum absolute atomic E-state index is 0.303. The second kappa shape index (κ2) is 5.30. The molecule has 19 heavy (non-hydrogen) atoms. The third kappa shape index (κ3) is 2.50. The van der Waals surface area contributed by atoms with Crippen molar-refractivity contribution in [3.8, 4) is 10.4 Å².